The summed E-state index contributed by atoms with van der Waals surface area (Å²) in [5.74, 6) is 1.88. The molecule has 4 saturated carbocycles. The van der Waals surface area contributed by atoms with Crippen molar-refractivity contribution in [2.45, 2.75) is 87.5 Å². The van der Waals surface area contributed by atoms with Crippen LogP contribution in [0, 0.1) is 23.7 Å². The highest BCUT2D eigenvalue weighted by Crippen LogP contribution is 2.55. The summed E-state index contributed by atoms with van der Waals surface area (Å²) in [7, 11) is 0. The molecule has 1 heterocycles. The van der Waals surface area contributed by atoms with Crippen molar-refractivity contribution < 1.29 is 29.3 Å². The molecule has 5 aliphatic rings. The lowest BCUT2D eigenvalue weighted by Gasteiger charge is -2.56. The molecule has 1 saturated heterocycles. The Morgan fingerprint density at radius 3 is 2.13 bits per heavy atom. The van der Waals surface area contributed by atoms with Crippen molar-refractivity contribution in [1.29, 1.82) is 0 Å². The topological polar surface area (TPSA) is 117 Å². The number of carboxylic acids is 1. The molecule has 9 rings (SSSR count). The fourth-order valence-corrected chi connectivity index (χ4v) is 11.0. The van der Waals surface area contributed by atoms with Gasteiger partial charge in [0, 0.05) is 34.2 Å². The molecule has 9 heteroatoms. The summed E-state index contributed by atoms with van der Waals surface area (Å²) in [6.45, 7) is 2.51. The van der Waals surface area contributed by atoms with Crippen LogP contribution >= 0.6 is 11.8 Å². The molecule has 4 atom stereocenters. The maximum absolute atomic E-state index is 13.3. The minimum atomic E-state index is -0.952. The van der Waals surface area contributed by atoms with E-state index in [2.05, 4.69) is 41.8 Å². The van der Waals surface area contributed by atoms with Crippen LogP contribution in [0.3, 0.4) is 0 Å². The molecule has 276 valence electrons. The van der Waals surface area contributed by atoms with Crippen LogP contribution in [0.1, 0.15) is 90.5 Å². The molecule has 8 nitrogen and oxygen atoms in total. The minimum Gasteiger partial charge on any atom is -0.478 e. The van der Waals surface area contributed by atoms with Gasteiger partial charge >= 0.3 is 12.0 Å². The van der Waals surface area contributed by atoms with Crippen LogP contribution in [0.2, 0.25) is 0 Å². The first-order chi connectivity index (χ1) is 25.8. The van der Waals surface area contributed by atoms with Crippen LogP contribution in [-0.2, 0) is 22.6 Å². The number of benzene rings is 4. The molecule has 4 aromatic carbocycles. The molecular weight excluding hydrogens is 685 g/mol. The predicted octanol–water partition coefficient (Wildman–Crippen LogP) is 8.90. The zero-order chi connectivity index (χ0) is 36.5. The summed E-state index contributed by atoms with van der Waals surface area (Å²) in [5.41, 5.74) is 6.09. The number of aliphatic hydroxyl groups excluding tert-OH is 1. The fraction of sp³-hybridized carbons (Fsp3) is 0.409. The molecule has 1 aliphatic heterocycles. The number of hydrogen-bond acceptors (Lipinski definition) is 6. The summed E-state index contributed by atoms with van der Waals surface area (Å²) in [4.78, 5) is 25.9. The number of carbonyl (C=O) groups is 2. The van der Waals surface area contributed by atoms with Crippen molar-refractivity contribution in [3.63, 3.8) is 0 Å². The average Bonchev–Trinajstić information content (AvgIpc) is 3.16. The van der Waals surface area contributed by atoms with E-state index in [4.69, 9.17) is 9.47 Å². The number of hydrogen-bond donors (Lipinski definition) is 4. The van der Waals surface area contributed by atoms with Crippen molar-refractivity contribution in [1.82, 2.24) is 10.6 Å². The molecule has 0 spiro atoms. The van der Waals surface area contributed by atoms with E-state index < -0.39 is 12.3 Å². The molecule has 5 fully saturated rings. The predicted molar refractivity (Wildman–Crippen MR) is 205 cm³/mol. The fourth-order valence-electron chi connectivity index (χ4n) is 9.75. The number of ether oxygens (including phenoxy) is 2. The van der Waals surface area contributed by atoms with Crippen molar-refractivity contribution >= 4 is 23.8 Å². The summed E-state index contributed by atoms with van der Waals surface area (Å²) < 4.78 is 13.3. The van der Waals surface area contributed by atoms with Gasteiger partial charge in [0.1, 0.15) is 0 Å². The second-order valence-electron chi connectivity index (χ2n) is 15.7. The molecule has 4 N–H and O–H groups in total. The summed E-state index contributed by atoms with van der Waals surface area (Å²) in [6, 6.07) is 31.2. The summed E-state index contributed by atoms with van der Waals surface area (Å²) in [6.07, 6.45) is 6.24. The third kappa shape index (κ3) is 7.76. The number of carbonyl (C=O) groups excluding carboxylic acids is 1. The maximum Gasteiger partial charge on any atom is 0.336 e. The third-order valence-electron chi connectivity index (χ3n) is 12.0. The van der Waals surface area contributed by atoms with Gasteiger partial charge in [-0.1, -0.05) is 91.9 Å². The Bertz CT molecular complexity index is 1900. The molecular formula is C44H48N2O6S. The van der Waals surface area contributed by atoms with Crippen LogP contribution in [-0.4, -0.2) is 39.6 Å². The van der Waals surface area contributed by atoms with E-state index >= 15 is 0 Å². The number of rotatable bonds is 11. The lowest BCUT2D eigenvalue weighted by Crippen LogP contribution is -2.61. The van der Waals surface area contributed by atoms with Gasteiger partial charge in [-0.2, -0.15) is 0 Å². The van der Waals surface area contributed by atoms with Crippen molar-refractivity contribution in [2.24, 2.45) is 23.7 Å². The first-order valence-corrected chi connectivity index (χ1v) is 19.9. The highest BCUT2D eigenvalue weighted by atomic mass is 32.2. The molecule has 4 aromatic rings. The second-order valence-corrected chi connectivity index (χ2v) is 16.8. The Kier molecular flexibility index (Phi) is 10.4. The summed E-state index contributed by atoms with van der Waals surface area (Å²) >= 11 is 1.48. The normalized spacial score (nSPS) is 28.8. The van der Waals surface area contributed by atoms with Gasteiger partial charge in [-0.05, 0) is 96.2 Å². The van der Waals surface area contributed by atoms with Gasteiger partial charge < -0.3 is 30.3 Å². The minimum absolute atomic E-state index is 0.0300. The van der Waals surface area contributed by atoms with Gasteiger partial charge in [-0.25, -0.2) is 9.59 Å². The van der Waals surface area contributed by atoms with Gasteiger partial charge in [0.2, 0.25) is 0 Å². The Balaban J connectivity index is 0.974. The van der Waals surface area contributed by atoms with E-state index in [9.17, 15) is 19.8 Å². The van der Waals surface area contributed by atoms with E-state index in [0.29, 0.717) is 17.2 Å². The standard InChI is InChI=1S/C44H48N2O6S/c1-27-38(26-53-39-9-5-4-8-37(39)41(48)49)51-42(52-40(27)33-12-10-28(25-47)11-13-33)34-16-14-32(15-17-34)36-7-3-2-6-35(36)24-45-43(50)46-44-21-29-18-30(22-44)20-31(19-29)23-44/h2-17,27,29-31,38,40,42,47H,18-26H2,1H3,(H,48,49)(H2,45,46,50)/t27-,29?,30?,31?,38+,40+,42+,44?/m0/s1. The van der Waals surface area contributed by atoms with E-state index in [-0.39, 0.29) is 41.9 Å². The largest absolute Gasteiger partial charge is 0.478 e. The van der Waals surface area contributed by atoms with Crippen molar-refractivity contribution in [3.8, 4) is 11.1 Å². The monoisotopic (exact) mass is 732 g/mol. The number of amides is 2. The zero-order valence-corrected chi connectivity index (χ0v) is 30.9. The van der Waals surface area contributed by atoms with Gasteiger partial charge in [-0.3, -0.25) is 0 Å². The Labute approximate surface area is 315 Å². The van der Waals surface area contributed by atoms with Gasteiger partial charge in [-0.15, -0.1) is 11.8 Å². The molecule has 0 radical (unpaired) electrons. The molecule has 53 heavy (non-hydrogen) atoms. The Morgan fingerprint density at radius 1 is 0.811 bits per heavy atom. The number of carboxylic acid groups (broad SMARTS) is 1. The van der Waals surface area contributed by atoms with Gasteiger partial charge in [0.15, 0.2) is 6.29 Å². The van der Waals surface area contributed by atoms with Crippen molar-refractivity contribution in [2.75, 3.05) is 5.75 Å². The number of aromatic carboxylic acids is 1. The number of thioether (sulfide) groups is 1. The number of urea groups is 1. The van der Waals surface area contributed by atoms with Crippen LogP contribution in [0.25, 0.3) is 11.1 Å². The van der Waals surface area contributed by atoms with Crippen LogP contribution in [0.5, 0.6) is 0 Å². The lowest BCUT2D eigenvalue weighted by molar-refractivity contribution is -0.268. The van der Waals surface area contributed by atoms with Gasteiger partial charge in [0.05, 0.1) is 24.4 Å². The first kappa shape index (κ1) is 35.9. The third-order valence-corrected chi connectivity index (χ3v) is 13.2. The van der Waals surface area contributed by atoms with Crippen LogP contribution < -0.4 is 10.6 Å². The van der Waals surface area contributed by atoms with E-state index in [1.54, 1.807) is 12.1 Å². The van der Waals surface area contributed by atoms with E-state index in [1.807, 2.05) is 60.7 Å². The molecule has 0 aromatic heterocycles. The zero-order valence-electron chi connectivity index (χ0n) is 30.1. The van der Waals surface area contributed by atoms with Crippen LogP contribution in [0.4, 0.5) is 4.79 Å². The second kappa shape index (κ2) is 15.3. The SMILES string of the molecule is C[C@H]1[C@@H](CSc2ccccc2C(=O)O)O[C@@H](c2ccc(-c3ccccc3CNC(=O)NC34CC5CC(CC(C5)C3)C4)cc2)O[C@H]1c1ccc(CO)cc1. The Morgan fingerprint density at radius 2 is 1.45 bits per heavy atom. The Hall–Kier alpha value is -4.15. The maximum atomic E-state index is 13.3. The van der Waals surface area contributed by atoms with Crippen LogP contribution in [0.15, 0.2) is 102 Å². The van der Waals surface area contributed by atoms with E-state index in [0.717, 1.165) is 70.4 Å². The lowest BCUT2D eigenvalue weighted by atomic mass is 9.53. The molecule has 2 amide bonds. The molecule has 0 unspecified atom stereocenters. The number of nitrogens with one attached hydrogen (secondary N) is 2. The highest BCUT2D eigenvalue weighted by Gasteiger charge is 2.51. The molecule has 4 aliphatic carbocycles. The first-order valence-electron chi connectivity index (χ1n) is 19.0. The number of aliphatic hydroxyl groups is 1. The van der Waals surface area contributed by atoms with Gasteiger partial charge in [0.25, 0.3) is 0 Å². The van der Waals surface area contributed by atoms with E-state index in [1.165, 1.54) is 31.0 Å². The average molecular weight is 733 g/mol. The quantitative estimate of drug-likeness (QED) is 0.114. The summed E-state index contributed by atoms with van der Waals surface area (Å²) in [5, 5.41) is 26.0. The smallest absolute Gasteiger partial charge is 0.336 e. The highest BCUT2D eigenvalue weighted by molar-refractivity contribution is 7.99. The van der Waals surface area contributed by atoms with Crippen molar-refractivity contribution in [3.05, 3.63) is 125 Å². The molecule has 4 bridgehead atoms.